The van der Waals surface area contributed by atoms with Crippen molar-refractivity contribution in [3.05, 3.63) is 113 Å². The van der Waals surface area contributed by atoms with Crippen LogP contribution >= 0.6 is 0 Å². The van der Waals surface area contributed by atoms with Crippen LogP contribution in [0.15, 0.2) is 85.3 Å². The molecule has 3 aromatic heterocycles. The molecule has 4 fully saturated rings. The van der Waals surface area contributed by atoms with Crippen LogP contribution < -0.4 is 20.3 Å². The maximum absolute atomic E-state index is 14.1. The fourth-order valence-corrected chi connectivity index (χ4v) is 11.1. The molecule has 0 aliphatic carbocycles. The number of hydrogen-bond acceptors (Lipinski definition) is 10. The van der Waals surface area contributed by atoms with E-state index in [0.29, 0.717) is 48.3 Å². The normalized spacial score (nSPS) is 20.4. The standard InChI is InChI=1S/C52H58N10O5/c1-2-67-42-27-43(48-41(29-53)31-55-62(48)34-42)39-10-12-46(54-30-39)59-24-18-52(19-25-59,28-35-6-4-3-5-7-35)57-51(66)60-22-14-36(15-23-60)32-58-20-16-37(17-21-58)38-8-9-40-33-61(50(65)44(40)26-38)45-11-13-47(63)56-49(45)64/h3-10,12,26-27,30-31,34,36-37,45H,2,11,13-25,28,32-33H2,1H3,(H,57,66)(H,56,63,64). The molecule has 2 aromatic carbocycles. The molecule has 8 heterocycles. The number of rotatable bonds is 11. The zero-order chi connectivity index (χ0) is 46.1. The summed E-state index contributed by atoms with van der Waals surface area (Å²) in [5.74, 6) is 1.68. The van der Waals surface area contributed by atoms with Crippen LogP contribution in [-0.4, -0.2) is 117 Å². The van der Waals surface area contributed by atoms with Gasteiger partial charge in [0.2, 0.25) is 11.8 Å². The van der Waals surface area contributed by atoms with Crippen LogP contribution in [0.3, 0.4) is 0 Å². The van der Waals surface area contributed by atoms with Crippen molar-refractivity contribution in [3.8, 4) is 22.9 Å². The van der Waals surface area contributed by atoms with Crippen molar-refractivity contribution in [2.75, 3.05) is 57.3 Å². The van der Waals surface area contributed by atoms with Crippen molar-refractivity contribution in [2.24, 2.45) is 5.92 Å². The molecule has 2 N–H and O–H groups in total. The molecular weight excluding hydrogens is 845 g/mol. The van der Waals surface area contributed by atoms with Gasteiger partial charge < -0.3 is 29.7 Å². The number of piperidine rings is 4. The average Bonchev–Trinajstić information content (AvgIpc) is 3.92. The maximum Gasteiger partial charge on any atom is 0.317 e. The van der Waals surface area contributed by atoms with E-state index in [9.17, 15) is 24.4 Å². The molecule has 67 heavy (non-hydrogen) atoms. The Morgan fingerprint density at radius 2 is 1.70 bits per heavy atom. The number of urea groups is 1. The summed E-state index contributed by atoms with van der Waals surface area (Å²) in [6.45, 7) is 8.86. The Kier molecular flexibility index (Phi) is 12.4. The van der Waals surface area contributed by atoms with Gasteiger partial charge >= 0.3 is 6.03 Å². The van der Waals surface area contributed by atoms with Gasteiger partial charge in [-0.1, -0.05) is 42.5 Å². The Labute approximate surface area is 391 Å². The van der Waals surface area contributed by atoms with E-state index >= 15 is 0 Å². The molecule has 10 rings (SSSR count). The quantitative estimate of drug-likeness (QED) is 0.143. The lowest BCUT2D eigenvalue weighted by atomic mass is 9.81. The topological polar surface area (TPSA) is 169 Å². The first-order chi connectivity index (χ1) is 32.7. The number of imide groups is 1. The van der Waals surface area contributed by atoms with E-state index < -0.39 is 11.6 Å². The molecule has 0 spiro atoms. The van der Waals surface area contributed by atoms with Crippen LogP contribution in [0.2, 0.25) is 0 Å². The lowest BCUT2D eigenvalue weighted by Gasteiger charge is -2.44. The molecule has 5 amide bonds. The second-order valence-corrected chi connectivity index (χ2v) is 19.1. The van der Waals surface area contributed by atoms with Crippen LogP contribution in [-0.2, 0) is 22.6 Å². The van der Waals surface area contributed by atoms with Crippen molar-refractivity contribution in [2.45, 2.75) is 88.8 Å². The Hall–Kier alpha value is -6.79. The summed E-state index contributed by atoms with van der Waals surface area (Å²) >= 11 is 0. The van der Waals surface area contributed by atoms with E-state index in [-0.39, 0.29) is 30.2 Å². The molecule has 0 radical (unpaired) electrons. The molecule has 4 saturated heterocycles. The number of pyridine rings is 2. The predicted octanol–water partition coefficient (Wildman–Crippen LogP) is 6.31. The van der Waals surface area contributed by atoms with Gasteiger partial charge in [0.05, 0.1) is 30.1 Å². The molecule has 346 valence electrons. The van der Waals surface area contributed by atoms with Crippen LogP contribution in [0.5, 0.6) is 5.75 Å². The van der Waals surface area contributed by atoms with Gasteiger partial charge in [0.1, 0.15) is 23.7 Å². The number of aromatic nitrogens is 3. The van der Waals surface area contributed by atoms with E-state index in [2.05, 4.69) is 61.9 Å². The Bertz CT molecular complexity index is 2690. The van der Waals surface area contributed by atoms with Gasteiger partial charge in [-0.05, 0) is 124 Å². The molecule has 15 heteroatoms. The number of carbonyl (C=O) groups excluding carboxylic acids is 4. The summed E-state index contributed by atoms with van der Waals surface area (Å²) in [4.78, 5) is 65.2. The summed E-state index contributed by atoms with van der Waals surface area (Å²) in [5, 5.41) is 20.2. The third kappa shape index (κ3) is 9.19. The van der Waals surface area contributed by atoms with E-state index in [1.807, 2.05) is 54.4 Å². The van der Waals surface area contributed by atoms with Crippen molar-refractivity contribution in [1.29, 1.82) is 5.26 Å². The third-order valence-corrected chi connectivity index (χ3v) is 14.9. The number of anilines is 1. The van der Waals surface area contributed by atoms with Crippen LogP contribution in [0.25, 0.3) is 16.6 Å². The lowest BCUT2D eigenvalue weighted by Crippen LogP contribution is -2.60. The van der Waals surface area contributed by atoms with Crippen molar-refractivity contribution < 1.29 is 23.9 Å². The molecule has 5 aliphatic rings. The highest BCUT2D eigenvalue weighted by molar-refractivity contribution is 6.05. The minimum Gasteiger partial charge on any atom is -0.492 e. The number of nitriles is 1. The zero-order valence-electron chi connectivity index (χ0n) is 38.2. The molecule has 1 unspecified atom stereocenters. The van der Waals surface area contributed by atoms with Gasteiger partial charge in [-0.25, -0.2) is 14.3 Å². The van der Waals surface area contributed by atoms with Gasteiger partial charge in [0.25, 0.3) is 5.91 Å². The van der Waals surface area contributed by atoms with Crippen LogP contribution in [0.4, 0.5) is 10.6 Å². The minimum absolute atomic E-state index is 0.0244. The molecule has 5 aliphatic heterocycles. The number of hydrogen-bond donors (Lipinski definition) is 2. The molecular formula is C52H58N10O5. The van der Waals surface area contributed by atoms with Gasteiger partial charge in [0, 0.05) is 74.1 Å². The van der Waals surface area contributed by atoms with Gasteiger partial charge in [-0.15, -0.1) is 0 Å². The van der Waals surface area contributed by atoms with E-state index in [0.717, 1.165) is 119 Å². The summed E-state index contributed by atoms with van der Waals surface area (Å²) in [6, 6.07) is 24.4. The number of benzene rings is 2. The molecule has 0 saturated carbocycles. The molecule has 0 bridgehead atoms. The molecule has 15 nitrogen and oxygen atoms in total. The summed E-state index contributed by atoms with van der Waals surface area (Å²) in [6.07, 6.45) is 12.2. The first kappa shape index (κ1) is 44.1. The average molecular weight is 903 g/mol. The predicted molar refractivity (Wildman–Crippen MR) is 252 cm³/mol. The smallest absolute Gasteiger partial charge is 0.317 e. The summed E-state index contributed by atoms with van der Waals surface area (Å²) < 4.78 is 7.51. The van der Waals surface area contributed by atoms with Crippen molar-refractivity contribution >= 4 is 35.1 Å². The Morgan fingerprint density at radius 3 is 2.42 bits per heavy atom. The largest absolute Gasteiger partial charge is 0.492 e. The number of amides is 5. The Morgan fingerprint density at radius 1 is 0.910 bits per heavy atom. The van der Waals surface area contributed by atoms with Gasteiger partial charge in [-0.2, -0.15) is 10.4 Å². The highest BCUT2D eigenvalue weighted by Crippen LogP contribution is 2.36. The number of nitrogens with zero attached hydrogens (tertiary/aromatic N) is 8. The Balaban J connectivity index is 0.722. The zero-order valence-corrected chi connectivity index (χ0v) is 38.2. The third-order valence-electron chi connectivity index (χ3n) is 14.9. The molecule has 5 aromatic rings. The highest BCUT2D eigenvalue weighted by atomic mass is 16.5. The number of likely N-dealkylation sites (tertiary alicyclic amines) is 2. The SMILES string of the molecule is CCOc1cc(-c2ccc(N3CCC(Cc4ccccc4)(NC(=O)N4CCC(CN5CCC(c6ccc7c(c6)C(=O)N(C6CCC(=O)NC6=O)C7)CC5)CC4)CC3)nc2)c2c(C#N)cnn2c1. The highest BCUT2D eigenvalue weighted by Gasteiger charge is 2.41. The lowest BCUT2D eigenvalue weighted by molar-refractivity contribution is -0.136. The van der Waals surface area contributed by atoms with Gasteiger partial charge in [0.15, 0.2) is 0 Å². The van der Waals surface area contributed by atoms with E-state index in [1.54, 1.807) is 21.8 Å². The monoisotopic (exact) mass is 902 g/mol. The van der Waals surface area contributed by atoms with Gasteiger partial charge in [-0.3, -0.25) is 19.7 Å². The van der Waals surface area contributed by atoms with Crippen LogP contribution in [0.1, 0.15) is 96.8 Å². The minimum atomic E-state index is -0.602. The second-order valence-electron chi connectivity index (χ2n) is 19.1. The number of nitrogens with one attached hydrogen (secondary N) is 2. The first-order valence-electron chi connectivity index (χ1n) is 24.0. The van der Waals surface area contributed by atoms with E-state index in [4.69, 9.17) is 9.72 Å². The van der Waals surface area contributed by atoms with Crippen molar-refractivity contribution in [3.63, 3.8) is 0 Å². The summed E-state index contributed by atoms with van der Waals surface area (Å²) in [7, 11) is 0. The number of fused-ring (bicyclic) bond motifs is 2. The van der Waals surface area contributed by atoms with Crippen LogP contribution in [0, 0.1) is 17.2 Å². The molecule has 1 atom stereocenters. The van der Waals surface area contributed by atoms with Crippen molar-refractivity contribution in [1.82, 2.24) is 39.9 Å². The fourth-order valence-electron chi connectivity index (χ4n) is 11.1. The number of carbonyl (C=O) groups is 4. The fraction of sp³-hybridized carbons (Fsp3) is 0.442. The number of ether oxygens (including phenoxy) is 1. The summed E-state index contributed by atoms with van der Waals surface area (Å²) in [5.41, 5.74) is 6.55. The van der Waals surface area contributed by atoms with E-state index in [1.165, 1.54) is 11.1 Å². The first-order valence-corrected chi connectivity index (χ1v) is 24.0. The second kappa shape index (κ2) is 18.8. The maximum atomic E-state index is 14.1.